The summed E-state index contributed by atoms with van der Waals surface area (Å²) in [4.78, 5) is 0. The third kappa shape index (κ3) is 3.94. The molecule has 0 aliphatic carbocycles. The Balaban J connectivity index is 1.97. The van der Waals surface area contributed by atoms with E-state index in [4.69, 9.17) is 0 Å². The number of aromatic nitrogens is 2. The summed E-state index contributed by atoms with van der Waals surface area (Å²) in [7, 11) is -1.75. The zero-order valence-electron chi connectivity index (χ0n) is 12.0. The fraction of sp³-hybridized carbons (Fsp3) is 0.750. The van der Waals surface area contributed by atoms with E-state index in [1.165, 1.54) is 4.31 Å². The van der Waals surface area contributed by atoms with Crippen molar-refractivity contribution in [1.82, 2.24) is 19.4 Å². The Bertz CT molecular complexity index is 528. The van der Waals surface area contributed by atoms with Gasteiger partial charge in [-0.3, -0.25) is 9.40 Å². The first-order valence-electron chi connectivity index (χ1n) is 6.99. The topological polar surface area (TPSA) is 79.3 Å². The Kier molecular flexibility index (Phi) is 5.00. The van der Waals surface area contributed by atoms with Crippen molar-refractivity contribution in [3.8, 4) is 0 Å². The monoisotopic (exact) mass is 301 g/mol. The van der Waals surface area contributed by atoms with Crippen LogP contribution in [0.3, 0.4) is 0 Å². The molecule has 20 heavy (non-hydrogen) atoms. The molecule has 1 atom stereocenters. The first-order chi connectivity index (χ1) is 9.51. The lowest BCUT2D eigenvalue weighted by atomic mass is 10.00. The van der Waals surface area contributed by atoms with Crippen LogP contribution in [0.5, 0.6) is 0 Å². The molecule has 2 rings (SSSR count). The maximum Gasteiger partial charge on any atom is 0.302 e. The van der Waals surface area contributed by atoms with E-state index in [1.807, 2.05) is 0 Å². The number of rotatable bonds is 6. The summed E-state index contributed by atoms with van der Waals surface area (Å²) < 4.78 is 30.3. The second kappa shape index (κ2) is 6.55. The molecule has 114 valence electrons. The van der Waals surface area contributed by atoms with Gasteiger partial charge < -0.3 is 5.32 Å². The van der Waals surface area contributed by atoms with Crippen molar-refractivity contribution in [1.29, 1.82) is 0 Å². The molecule has 2 N–H and O–H groups in total. The molecule has 0 amide bonds. The van der Waals surface area contributed by atoms with Gasteiger partial charge in [-0.15, -0.1) is 0 Å². The molecule has 1 unspecified atom stereocenters. The van der Waals surface area contributed by atoms with Gasteiger partial charge in [0.2, 0.25) is 0 Å². The van der Waals surface area contributed by atoms with Crippen molar-refractivity contribution in [2.75, 3.05) is 30.9 Å². The van der Waals surface area contributed by atoms with Crippen molar-refractivity contribution in [2.24, 2.45) is 13.0 Å². The summed E-state index contributed by atoms with van der Waals surface area (Å²) in [5.41, 5.74) is 0. The van der Waals surface area contributed by atoms with Gasteiger partial charge in [-0.2, -0.15) is 17.8 Å². The van der Waals surface area contributed by atoms with Crippen LogP contribution in [0.2, 0.25) is 0 Å². The highest BCUT2D eigenvalue weighted by Gasteiger charge is 2.29. The van der Waals surface area contributed by atoms with Gasteiger partial charge in [0, 0.05) is 32.4 Å². The fourth-order valence-corrected chi connectivity index (χ4v) is 3.71. The van der Waals surface area contributed by atoms with Gasteiger partial charge in [0.25, 0.3) is 0 Å². The molecule has 1 aromatic heterocycles. The first kappa shape index (κ1) is 15.3. The van der Waals surface area contributed by atoms with Gasteiger partial charge in [-0.05, 0) is 31.8 Å². The van der Waals surface area contributed by atoms with Crippen molar-refractivity contribution >= 4 is 16.0 Å². The molecule has 0 aromatic carbocycles. The number of nitrogens with zero attached hydrogens (tertiary/aromatic N) is 3. The third-order valence-electron chi connectivity index (χ3n) is 3.45. The predicted octanol–water partition coefficient (Wildman–Crippen LogP) is 0.398. The van der Waals surface area contributed by atoms with Crippen LogP contribution in [0.4, 0.5) is 5.82 Å². The normalized spacial score (nSPS) is 21.0. The molecule has 2 heterocycles. The van der Waals surface area contributed by atoms with E-state index in [0.29, 0.717) is 24.8 Å². The molecule has 8 heteroatoms. The van der Waals surface area contributed by atoms with Gasteiger partial charge in [0.1, 0.15) is 0 Å². The Labute approximate surface area is 120 Å². The number of nitrogens with one attached hydrogen (secondary N) is 2. The number of hydrogen-bond acceptors (Lipinski definition) is 4. The van der Waals surface area contributed by atoms with Crippen LogP contribution >= 0.6 is 0 Å². The molecule has 1 saturated heterocycles. The molecule has 1 aliphatic rings. The minimum atomic E-state index is -3.50. The molecule has 1 fully saturated rings. The fourth-order valence-electron chi connectivity index (χ4n) is 2.43. The summed E-state index contributed by atoms with van der Waals surface area (Å²) in [6, 6.07) is 1.65. The SMILES string of the molecule is CCNCC1CCCN(S(=O)(=O)Nc2ccn(C)n2)C1. The number of aryl methyl sites for hydroxylation is 1. The highest BCUT2D eigenvalue weighted by molar-refractivity contribution is 7.90. The van der Waals surface area contributed by atoms with Crippen molar-refractivity contribution in [3.63, 3.8) is 0 Å². The predicted molar refractivity (Wildman–Crippen MR) is 78.6 cm³/mol. The molecule has 0 spiro atoms. The van der Waals surface area contributed by atoms with Gasteiger partial charge in [-0.25, -0.2) is 0 Å². The van der Waals surface area contributed by atoms with Crippen LogP contribution < -0.4 is 10.0 Å². The Morgan fingerprint density at radius 1 is 1.50 bits per heavy atom. The van der Waals surface area contributed by atoms with E-state index in [2.05, 4.69) is 22.1 Å². The Morgan fingerprint density at radius 2 is 2.30 bits per heavy atom. The molecule has 0 bridgehead atoms. The average molecular weight is 301 g/mol. The van der Waals surface area contributed by atoms with E-state index >= 15 is 0 Å². The molecule has 0 saturated carbocycles. The lowest BCUT2D eigenvalue weighted by Crippen LogP contribution is -2.45. The van der Waals surface area contributed by atoms with Crippen LogP contribution in [0.25, 0.3) is 0 Å². The quantitative estimate of drug-likeness (QED) is 0.797. The van der Waals surface area contributed by atoms with Crippen LogP contribution in [-0.2, 0) is 17.3 Å². The number of piperidine rings is 1. The van der Waals surface area contributed by atoms with Crippen molar-refractivity contribution < 1.29 is 8.42 Å². The van der Waals surface area contributed by atoms with Gasteiger partial charge in [0.15, 0.2) is 5.82 Å². The zero-order valence-corrected chi connectivity index (χ0v) is 12.9. The number of hydrogen-bond donors (Lipinski definition) is 2. The third-order valence-corrected chi connectivity index (χ3v) is 4.93. The Hall–Kier alpha value is -1.12. The minimum Gasteiger partial charge on any atom is -0.317 e. The minimum absolute atomic E-state index is 0.362. The highest BCUT2D eigenvalue weighted by atomic mass is 32.2. The van der Waals surface area contributed by atoms with E-state index in [-0.39, 0.29) is 0 Å². The molecule has 7 nitrogen and oxygen atoms in total. The lowest BCUT2D eigenvalue weighted by molar-refractivity contribution is 0.262. The van der Waals surface area contributed by atoms with Crippen LogP contribution in [0.1, 0.15) is 19.8 Å². The Morgan fingerprint density at radius 3 is 2.95 bits per heavy atom. The van der Waals surface area contributed by atoms with E-state index in [1.54, 1.807) is 24.0 Å². The van der Waals surface area contributed by atoms with Crippen molar-refractivity contribution in [3.05, 3.63) is 12.3 Å². The van der Waals surface area contributed by atoms with Crippen LogP contribution in [-0.4, -0.2) is 48.7 Å². The summed E-state index contributed by atoms with van der Waals surface area (Å²) in [6.07, 6.45) is 3.68. The zero-order chi connectivity index (χ0) is 14.6. The van der Waals surface area contributed by atoms with E-state index in [0.717, 1.165) is 25.9 Å². The summed E-state index contributed by atoms with van der Waals surface area (Å²) in [6.45, 7) is 4.97. The standard InChI is InChI=1S/C12H23N5O2S/c1-3-13-9-11-5-4-7-17(10-11)20(18,19)15-12-6-8-16(2)14-12/h6,8,11,13H,3-5,7,9-10H2,1-2H3,(H,14,15). The average Bonchev–Trinajstić information content (AvgIpc) is 2.81. The second-order valence-electron chi connectivity index (χ2n) is 5.16. The number of anilines is 1. The summed E-state index contributed by atoms with van der Waals surface area (Å²) in [5.74, 6) is 0.741. The molecule has 0 radical (unpaired) electrons. The summed E-state index contributed by atoms with van der Waals surface area (Å²) >= 11 is 0. The van der Waals surface area contributed by atoms with Gasteiger partial charge in [0.05, 0.1) is 0 Å². The molecule has 1 aromatic rings. The maximum absolute atomic E-state index is 12.3. The molecular weight excluding hydrogens is 278 g/mol. The highest BCUT2D eigenvalue weighted by Crippen LogP contribution is 2.19. The van der Waals surface area contributed by atoms with Gasteiger partial charge in [-0.1, -0.05) is 6.92 Å². The first-order valence-corrected chi connectivity index (χ1v) is 8.43. The van der Waals surface area contributed by atoms with Crippen LogP contribution in [0.15, 0.2) is 12.3 Å². The van der Waals surface area contributed by atoms with E-state index < -0.39 is 10.2 Å². The molecule has 1 aliphatic heterocycles. The largest absolute Gasteiger partial charge is 0.317 e. The lowest BCUT2D eigenvalue weighted by Gasteiger charge is -2.31. The molecular formula is C12H23N5O2S. The van der Waals surface area contributed by atoms with Crippen LogP contribution in [0, 0.1) is 5.92 Å². The maximum atomic E-state index is 12.3. The van der Waals surface area contributed by atoms with Gasteiger partial charge >= 0.3 is 10.2 Å². The smallest absolute Gasteiger partial charge is 0.302 e. The van der Waals surface area contributed by atoms with Crippen molar-refractivity contribution in [2.45, 2.75) is 19.8 Å². The second-order valence-corrected chi connectivity index (χ2v) is 6.83. The van der Waals surface area contributed by atoms with E-state index in [9.17, 15) is 8.42 Å². The summed E-state index contributed by atoms with van der Waals surface area (Å²) in [5, 5.41) is 7.33.